The molecule has 12 heteroatoms. The topological polar surface area (TPSA) is 152 Å². The molecule has 1 saturated carbocycles. The number of aliphatic hydroxyl groups is 1. The summed E-state index contributed by atoms with van der Waals surface area (Å²) >= 11 is 0. The fourth-order valence-corrected chi connectivity index (χ4v) is 3.36. The van der Waals surface area contributed by atoms with E-state index in [1.54, 1.807) is 0 Å². The molecule has 0 bridgehead atoms. The summed E-state index contributed by atoms with van der Waals surface area (Å²) in [6, 6.07) is 0. The van der Waals surface area contributed by atoms with Crippen LogP contribution in [0.1, 0.15) is 41.0 Å². The van der Waals surface area contributed by atoms with Crippen LogP contribution < -0.4 is 0 Å². The third kappa shape index (κ3) is 6.12. The Hall–Kier alpha value is -2.76. The zero-order valence-electron chi connectivity index (χ0n) is 17.2. The maximum Gasteiger partial charge on any atom is 0.303 e. The van der Waals surface area contributed by atoms with Gasteiger partial charge in [0.25, 0.3) is 0 Å². The number of carbonyl (C=O) groups excluding carboxylic acids is 5. The van der Waals surface area contributed by atoms with Gasteiger partial charge in [-0.15, -0.1) is 0 Å². The van der Waals surface area contributed by atoms with Gasteiger partial charge >= 0.3 is 29.8 Å². The molecule has 0 amide bonds. The number of halogens is 1. The Kier molecular flexibility index (Phi) is 8.70. The van der Waals surface area contributed by atoms with Gasteiger partial charge in [-0.05, 0) is 0 Å². The van der Waals surface area contributed by atoms with Gasteiger partial charge in [-0.3, -0.25) is 28.4 Å². The van der Waals surface area contributed by atoms with Crippen LogP contribution in [0.4, 0.5) is 4.39 Å². The Morgan fingerprint density at radius 1 is 0.667 bits per heavy atom. The summed E-state index contributed by atoms with van der Waals surface area (Å²) in [7, 11) is 0. The molecule has 0 saturated heterocycles. The van der Waals surface area contributed by atoms with E-state index in [4.69, 9.17) is 23.7 Å². The molecule has 6 atom stereocenters. The van der Waals surface area contributed by atoms with Crippen molar-refractivity contribution in [2.24, 2.45) is 0 Å². The second kappa shape index (κ2) is 10.3. The first-order valence-corrected chi connectivity index (χ1v) is 8.97. The highest BCUT2D eigenvalue weighted by molar-refractivity contribution is 5.70. The molecule has 1 N–H and O–H groups in total. The molecule has 1 fully saturated rings. The zero-order chi connectivity index (χ0) is 23.2. The van der Waals surface area contributed by atoms with E-state index in [0.29, 0.717) is 0 Å². The molecular formula is C18H25FO11. The van der Waals surface area contributed by atoms with Crippen LogP contribution in [0.5, 0.6) is 0 Å². The molecule has 0 aromatic rings. The minimum Gasteiger partial charge on any atom is -0.455 e. The van der Waals surface area contributed by atoms with Crippen LogP contribution >= 0.6 is 0 Å². The van der Waals surface area contributed by atoms with E-state index in [-0.39, 0.29) is 0 Å². The van der Waals surface area contributed by atoms with Crippen LogP contribution in [0.15, 0.2) is 0 Å². The third-order valence-electron chi connectivity index (χ3n) is 4.22. The van der Waals surface area contributed by atoms with Crippen molar-refractivity contribution < 1.29 is 57.2 Å². The third-order valence-corrected chi connectivity index (χ3v) is 4.22. The van der Waals surface area contributed by atoms with Crippen molar-refractivity contribution in [1.29, 1.82) is 0 Å². The fraction of sp³-hybridized carbons (Fsp3) is 0.722. The molecule has 0 radical (unpaired) electrons. The first-order chi connectivity index (χ1) is 13.8. The van der Waals surface area contributed by atoms with Gasteiger partial charge in [0.1, 0.15) is 5.60 Å². The molecule has 0 aromatic carbocycles. The summed E-state index contributed by atoms with van der Waals surface area (Å²) < 4.78 is 38.9. The first kappa shape index (κ1) is 25.3. The van der Waals surface area contributed by atoms with Crippen LogP contribution in [0.2, 0.25) is 0 Å². The second-order valence-electron chi connectivity index (χ2n) is 6.71. The highest BCUT2D eigenvalue weighted by Gasteiger charge is 2.66. The normalized spacial score (nSPS) is 30.6. The van der Waals surface area contributed by atoms with Crippen LogP contribution in [0, 0.1) is 0 Å². The van der Waals surface area contributed by atoms with Crippen molar-refractivity contribution in [2.75, 3.05) is 6.67 Å². The zero-order valence-corrected chi connectivity index (χ0v) is 17.2. The first-order valence-electron chi connectivity index (χ1n) is 8.97. The molecule has 2 unspecified atom stereocenters. The van der Waals surface area contributed by atoms with E-state index in [0.717, 1.165) is 34.6 Å². The van der Waals surface area contributed by atoms with Crippen molar-refractivity contribution in [3.05, 3.63) is 0 Å². The summed E-state index contributed by atoms with van der Waals surface area (Å²) in [6.45, 7) is 3.75. The minimum atomic E-state index is -2.50. The summed E-state index contributed by atoms with van der Waals surface area (Å²) in [5.41, 5.74) is -2.50. The number of carbonyl (C=O) groups is 5. The van der Waals surface area contributed by atoms with Gasteiger partial charge in [-0.1, -0.05) is 0 Å². The molecular weight excluding hydrogens is 411 g/mol. The van der Waals surface area contributed by atoms with E-state index >= 15 is 0 Å². The Morgan fingerprint density at radius 2 is 0.967 bits per heavy atom. The molecule has 170 valence electrons. The molecule has 1 aliphatic carbocycles. The standard InChI is InChI=1S/C18H25FO11/c1-8(20)26-13-14(27-9(2)21)16(29-11(4)23)18(25,6-7-19)17(30-12(5)24)15(13)28-10(3)22/h13-17,25H,6-7H2,1-5H3/t13?,14-,15+,16+,17-,18?. The molecule has 30 heavy (non-hydrogen) atoms. The van der Waals surface area contributed by atoms with Crippen molar-refractivity contribution in [3.8, 4) is 0 Å². The average Bonchev–Trinajstić information content (AvgIpc) is 2.57. The Bertz CT molecular complexity index is 648. The number of ether oxygens (including phenoxy) is 5. The molecule has 1 rings (SSSR count). The van der Waals surface area contributed by atoms with Crippen LogP contribution in [0.3, 0.4) is 0 Å². The van der Waals surface area contributed by atoms with Crippen molar-refractivity contribution in [3.63, 3.8) is 0 Å². The quantitative estimate of drug-likeness (QED) is 0.415. The van der Waals surface area contributed by atoms with E-state index in [9.17, 15) is 33.5 Å². The predicted octanol–water partition coefficient (Wildman–Crippen LogP) is -0.251. The maximum absolute atomic E-state index is 13.4. The van der Waals surface area contributed by atoms with Crippen LogP contribution in [-0.2, 0) is 47.7 Å². The van der Waals surface area contributed by atoms with Gasteiger partial charge in [0.05, 0.1) is 6.67 Å². The lowest BCUT2D eigenvalue weighted by atomic mass is 9.72. The molecule has 0 aromatic heterocycles. The van der Waals surface area contributed by atoms with E-state index in [1.807, 2.05) is 0 Å². The van der Waals surface area contributed by atoms with Gasteiger partial charge in [0.15, 0.2) is 30.5 Å². The molecule has 11 nitrogen and oxygen atoms in total. The number of alkyl halides is 1. The lowest BCUT2D eigenvalue weighted by Gasteiger charge is -2.51. The summed E-state index contributed by atoms with van der Waals surface area (Å²) in [6.07, 6.45) is -9.47. The number of esters is 5. The number of hydrogen-bond acceptors (Lipinski definition) is 11. The van der Waals surface area contributed by atoms with Gasteiger partial charge in [0, 0.05) is 41.0 Å². The number of hydrogen-bond donors (Lipinski definition) is 1. The second-order valence-corrected chi connectivity index (χ2v) is 6.71. The molecule has 0 heterocycles. The Balaban J connectivity index is 3.74. The highest BCUT2D eigenvalue weighted by atomic mass is 19.1. The van der Waals surface area contributed by atoms with Gasteiger partial charge in [0.2, 0.25) is 0 Å². The SMILES string of the molecule is CC(=O)OC1[C@@H](OC(C)=O)[C@H](OC(C)=O)C(O)(CCF)[C@H](OC(C)=O)[C@H]1OC(C)=O. The molecule has 0 spiro atoms. The van der Waals surface area contributed by atoms with E-state index in [2.05, 4.69) is 0 Å². The largest absolute Gasteiger partial charge is 0.455 e. The van der Waals surface area contributed by atoms with E-state index < -0.39 is 79.1 Å². The van der Waals surface area contributed by atoms with Crippen molar-refractivity contribution >= 4 is 29.8 Å². The Labute approximate surface area is 171 Å². The maximum atomic E-state index is 13.4. The summed E-state index contributed by atoms with van der Waals surface area (Å²) in [4.78, 5) is 58.4. The molecule has 0 aliphatic heterocycles. The lowest BCUT2D eigenvalue weighted by molar-refractivity contribution is -0.287. The van der Waals surface area contributed by atoms with Gasteiger partial charge < -0.3 is 28.8 Å². The smallest absolute Gasteiger partial charge is 0.303 e. The summed E-state index contributed by atoms with van der Waals surface area (Å²) in [5, 5.41) is 11.3. The minimum absolute atomic E-state index is 0.759. The number of rotatable bonds is 7. The monoisotopic (exact) mass is 436 g/mol. The highest BCUT2D eigenvalue weighted by Crippen LogP contribution is 2.41. The van der Waals surface area contributed by atoms with Crippen molar-refractivity contribution in [1.82, 2.24) is 0 Å². The molecule has 1 aliphatic rings. The van der Waals surface area contributed by atoms with Gasteiger partial charge in [-0.2, -0.15) is 0 Å². The summed E-state index contributed by atoms with van der Waals surface area (Å²) in [5.74, 6) is -4.67. The lowest BCUT2D eigenvalue weighted by Crippen LogP contribution is -2.74. The van der Waals surface area contributed by atoms with Crippen molar-refractivity contribution in [2.45, 2.75) is 77.2 Å². The van der Waals surface area contributed by atoms with E-state index in [1.165, 1.54) is 0 Å². The Morgan fingerprint density at radius 3 is 1.23 bits per heavy atom. The van der Waals surface area contributed by atoms with Crippen LogP contribution in [0.25, 0.3) is 0 Å². The predicted molar refractivity (Wildman–Crippen MR) is 93.3 cm³/mol. The average molecular weight is 436 g/mol. The van der Waals surface area contributed by atoms with Crippen LogP contribution in [-0.4, -0.2) is 77.7 Å². The fourth-order valence-electron chi connectivity index (χ4n) is 3.36. The van der Waals surface area contributed by atoms with Gasteiger partial charge in [-0.25, -0.2) is 0 Å².